The third-order valence-corrected chi connectivity index (χ3v) is 5.25. The number of carbonyl (C=O) groups is 4. The van der Waals surface area contributed by atoms with Crippen LogP contribution in [0.2, 0.25) is 0 Å². The molecule has 2 amide bonds. The van der Waals surface area contributed by atoms with Gasteiger partial charge in [0.2, 0.25) is 0 Å². The van der Waals surface area contributed by atoms with Crippen molar-refractivity contribution in [2.24, 2.45) is 0 Å². The van der Waals surface area contributed by atoms with Crippen molar-refractivity contribution in [1.82, 2.24) is 5.32 Å². The average Bonchev–Trinajstić information content (AvgIpc) is 2.85. The number of esters is 1. The second kappa shape index (κ2) is 13.3. The van der Waals surface area contributed by atoms with Crippen LogP contribution < -0.4 is 15.0 Å². The second-order valence-corrected chi connectivity index (χ2v) is 9.71. The van der Waals surface area contributed by atoms with E-state index in [1.54, 1.807) is 51.1 Å². The SMILES string of the molecule is COC(=O)CN(C(=O)C(F)(F)F)c1c(OCc2ccccc2)cc(C=O)c(CC(C)NC(=O)OC(C)(C)C)c1F. The lowest BCUT2D eigenvalue weighted by Gasteiger charge is -2.27. The first-order valence-electron chi connectivity index (χ1n) is 12.0. The lowest BCUT2D eigenvalue weighted by atomic mass is 9.98. The summed E-state index contributed by atoms with van der Waals surface area (Å²) in [5, 5.41) is 2.45. The van der Waals surface area contributed by atoms with Crippen molar-refractivity contribution in [2.75, 3.05) is 18.6 Å². The number of benzene rings is 2. The molecule has 0 aliphatic carbocycles. The first-order chi connectivity index (χ1) is 18.6. The first kappa shape index (κ1) is 32.1. The quantitative estimate of drug-likeness (QED) is 0.250. The van der Waals surface area contributed by atoms with E-state index < -0.39 is 71.6 Å². The predicted molar refractivity (Wildman–Crippen MR) is 136 cm³/mol. The number of anilines is 1. The summed E-state index contributed by atoms with van der Waals surface area (Å²) in [6.45, 7) is 4.73. The molecule has 1 atom stereocenters. The van der Waals surface area contributed by atoms with Crippen LogP contribution in [0.4, 0.5) is 28.0 Å². The molecule has 0 fully saturated rings. The fourth-order valence-electron chi connectivity index (χ4n) is 3.55. The molecule has 1 unspecified atom stereocenters. The van der Waals surface area contributed by atoms with Gasteiger partial charge in [-0.1, -0.05) is 30.3 Å². The van der Waals surface area contributed by atoms with E-state index >= 15 is 4.39 Å². The molecule has 0 saturated heterocycles. The summed E-state index contributed by atoms with van der Waals surface area (Å²) in [7, 11) is 0.882. The van der Waals surface area contributed by atoms with Gasteiger partial charge in [0.25, 0.3) is 0 Å². The Morgan fingerprint density at radius 3 is 2.25 bits per heavy atom. The number of amides is 2. The van der Waals surface area contributed by atoms with E-state index in [2.05, 4.69) is 10.1 Å². The van der Waals surface area contributed by atoms with Crippen LogP contribution in [-0.2, 0) is 32.1 Å². The maximum atomic E-state index is 16.1. The van der Waals surface area contributed by atoms with E-state index in [-0.39, 0.29) is 23.4 Å². The molecule has 9 nitrogen and oxygen atoms in total. The Morgan fingerprint density at radius 1 is 1.10 bits per heavy atom. The standard InChI is InChI=1S/C27H30F4N2O7/c1-16(32-25(37)40-26(2,3)4)11-19-18(14-34)12-20(39-15-17-9-7-6-8-10-17)23(22(19)28)33(13-21(35)38-5)24(36)27(29,30)31/h6-10,12,14,16H,11,13,15H2,1-5H3,(H,32,37). The van der Waals surface area contributed by atoms with Gasteiger partial charge in [0.15, 0.2) is 12.1 Å². The van der Waals surface area contributed by atoms with Crippen molar-refractivity contribution in [3.05, 3.63) is 58.9 Å². The zero-order valence-corrected chi connectivity index (χ0v) is 22.6. The molecule has 2 rings (SSSR count). The third-order valence-electron chi connectivity index (χ3n) is 5.25. The van der Waals surface area contributed by atoms with Crippen molar-refractivity contribution in [1.29, 1.82) is 0 Å². The average molecular weight is 571 g/mol. The maximum Gasteiger partial charge on any atom is 0.471 e. The van der Waals surface area contributed by atoms with Crippen molar-refractivity contribution in [3.63, 3.8) is 0 Å². The van der Waals surface area contributed by atoms with Crippen LogP contribution in [0.1, 0.15) is 49.2 Å². The molecule has 13 heteroatoms. The van der Waals surface area contributed by atoms with Crippen LogP contribution >= 0.6 is 0 Å². The summed E-state index contributed by atoms with van der Waals surface area (Å²) < 4.78 is 72.0. The Hall–Kier alpha value is -4.16. The minimum absolute atomic E-state index is 0.147. The van der Waals surface area contributed by atoms with Crippen LogP contribution in [0.3, 0.4) is 0 Å². The molecule has 0 aliphatic heterocycles. The van der Waals surface area contributed by atoms with Gasteiger partial charge in [-0.3, -0.25) is 19.3 Å². The van der Waals surface area contributed by atoms with E-state index in [0.29, 0.717) is 5.56 Å². The topological polar surface area (TPSA) is 111 Å². The number of ether oxygens (including phenoxy) is 3. The van der Waals surface area contributed by atoms with Crippen molar-refractivity contribution < 1.29 is 51.0 Å². The summed E-state index contributed by atoms with van der Waals surface area (Å²) in [6.07, 6.45) is -6.49. The van der Waals surface area contributed by atoms with Gasteiger partial charge < -0.3 is 19.5 Å². The second-order valence-electron chi connectivity index (χ2n) is 9.71. The van der Waals surface area contributed by atoms with Gasteiger partial charge in [-0.15, -0.1) is 0 Å². The summed E-state index contributed by atoms with van der Waals surface area (Å²) in [5.41, 5.74) is -2.05. The minimum Gasteiger partial charge on any atom is -0.487 e. The fourth-order valence-corrected chi connectivity index (χ4v) is 3.55. The lowest BCUT2D eigenvalue weighted by molar-refractivity contribution is -0.171. The normalized spacial score (nSPS) is 12.2. The summed E-state index contributed by atoms with van der Waals surface area (Å²) in [6, 6.07) is 8.38. The largest absolute Gasteiger partial charge is 0.487 e. The number of alkyl carbamates (subject to hydrolysis) is 1. The van der Waals surface area contributed by atoms with Gasteiger partial charge in [-0.25, -0.2) is 9.18 Å². The highest BCUT2D eigenvalue weighted by atomic mass is 19.4. The number of aldehydes is 1. The smallest absolute Gasteiger partial charge is 0.471 e. The highest BCUT2D eigenvalue weighted by molar-refractivity contribution is 6.02. The fraction of sp³-hybridized carbons (Fsp3) is 0.407. The van der Waals surface area contributed by atoms with E-state index in [1.807, 2.05) is 0 Å². The van der Waals surface area contributed by atoms with Crippen LogP contribution in [-0.4, -0.2) is 55.7 Å². The van der Waals surface area contributed by atoms with Crippen molar-refractivity contribution in [2.45, 2.75) is 58.5 Å². The number of nitrogens with zero attached hydrogens (tertiary/aromatic N) is 1. The molecule has 0 saturated carbocycles. The molecule has 40 heavy (non-hydrogen) atoms. The van der Waals surface area contributed by atoms with Gasteiger partial charge in [0.1, 0.15) is 30.2 Å². The van der Waals surface area contributed by atoms with Crippen LogP contribution in [0, 0.1) is 5.82 Å². The van der Waals surface area contributed by atoms with Crippen molar-refractivity contribution >= 4 is 29.9 Å². The molecule has 0 aromatic heterocycles. The number of hydrogen-bond donors (Lipinski definition) is 1. The third kappa shape index (κ3) is 8.95. The number of hydrogen-bond acceptors (Lipinski definition) is 7. The summed E-state index contributed by atoms with van der Waals surface area (Å²) >= 11 is 0. The van der Waals surface area contributed by atoms with Crippen LogP contribution in [0.5, 0.6) is 5.75 Å². The molecule has 1 N–H and O–H groups in total. The van der Waals surface area contributed by atoms with Crippen molar-refractivity contribution in [3.8, 4) is 5.75 Å². The Kier molecular flexibility index (Phi) is 10.6. The lowest BCUT2D eigenvalue weighted by Crippen LogP contribution is -2.45. The Labute approximate surface area is 228 Å². The Bertz CT molecular complexity index is 1230. The molecule has 0 spiro atoms. The number of alkyl halides is 3. The molecular formula is C27H30F4N2O7. The number of carbonyl (C=O) groups excluding carboxylic acids is 4. The van der Waals surface area contributed by atoms with E-state index in [0.717, 1.165) is 13.2 Å². The molecule has 0 radical (unpaired) electrons. The number of halogens is 4. The van der Waals surface area contributed by atoms with Gasteiger partial charge in [0, 0.05) is 17.2 Å². The van der Waals surface area contributed by atoms with Crippen LogP contribution in [0.25, 0.3) is 0 Å². The summed E-state index contributed by atoms with van der Waals surface area (Å²) in [5.74, 6) is -5.86. The number of rotatable bonds is 10. The maximum absolute atomic E-state index is 16.1. The highest BCUT2D eigenvalue weighted by Crippen LogP contribution is 2.38. The Morgan fingerprint density at radius 2 is 1.73 bits per heavy atom. The predicted octanol–water partition coefficient (Wildman–Crippen LogP) is 4.74. The van der Waals surface area contributed by atoms with Gasteiger partial charge in [-0.05, 0) is 45.7 Å². The highest BCUT2D eigenvalue weighted by Gasteiger charge is 2.46. The molecule has 218 valence electrons. The first-order valence-corrected chi connectivity index (χ1v) is 12.0. The Balaban J connectivity index is 2.65. The number of methoxy groups -OCH3 is 1. The van der Waals surface area contributed by atoms with Gasteiger partial charge >= 0.3 is 24.1 Å². The van der Waals surface area contributed by atoms with Gasteiger partial charge in [0.05, 0.1) is 7.11 Å². The molecular weight excluding hydrogens is 540 g/mol. The molecule has 0 bridgehead atoms. The monoisotopic (exact) mass is 570 g/mol. The zero-order valence-electron chi connectivity index (χ0n) is 22.6. The zero-order chi connectivity index (χ0) is 30.3. The molecule has 0 heterocycles. The van der Waals surface area contributed by atoms with Crippen LogP contribution in [0.15, 0.2) is 36.4 Å². The molecule has 0 aliphatic rings. The van der Waals surface area contributed by atoms with E-state index in [4.69, 9.17) is 9.47 Å². The van der Waals surface area contributed by atoms with E-state index in [1.165, 1.54) is 6.92 Å². The summed E-state index contributed by atoms with van der Waals surface area (Å²) in [4.78, 5) is 48.3. The molecule has 2 aromatic rings. The van der Waals surface area contributed by atoms with E-state index in [9.17, 15) is 32.3 Å². The number of nitrogens with one attached hydrogen (secondary N) is 1. The minimum atomic E-state index is -5.51. The van der Waals surface area contributed by atoms with Gasteiger partial charge in [-0.2, -0.15) is 13.2 Å². The molecule has 2 aromatic carbocycles.